The molecule has 2 nitrogen and oxygen atoms in total. The average molecular weight is 551 g/mol. The molecule has 0 fully saturated rings. The maximum atomic E-state index is 5.65. The summed E-state index contributed by atoms with van der Waals surface area (Å²) >= 11 is 10.3. The summed E-state index contributed by atoms with van der Waals surface area (Å²) in [6.07, 6.45) is 0. The van der Waals surface area contributed by atoms with Gasteiger partial charge in [-0.05, 0) is 104 Å². The molecule has 0 radical (unpaired) electrons. The lowest BCUT2D eigenvalue weighted by Crippen LogP contribution is -1.96. The molecule has 33 heavy (non-hydrogen) atoms. The van der Waals surface area contributed by atoms with Gasteiger partial charge in [-0.15, -0.1) is 0 Å². The molecule has 2 aromatic heterocycles. The van der Waals surface area contributed by atoms with Crippen LogP contribution in [-0.4, -0.2) is 13.7 Å². The summed E-state index contributed by atoms with van der Waals surface area (Å²) in [5, 5.41) is 0. The van der Waals surface area contributed by atoms with Crippen LogP contribution in [0.2, 0.25) is 0 Å². The van der Waals surface area contributed by atoms with Crippen molar-refractivity contribution in [3.63, 3.8) is 0 Å². The van der Waals surface area contributed by atoms with Crippen molar-refractivity contribution in [1.29, 1.82) is 0 Å². The molecule has 8 heteroatoms. The molecule has 4 aromatic rings. The van der Waals surface area contributed by atoms with Gasteiger partial charge in [-0.3, -0.25) is 0 Å². The number of hydrogen-bond donors (Lipinski definition) is 0. The van der Waals surface area contributed by atoms with Gasteiger partial charge in [0.2, 0.25) is 0 Å². The number of ether oxygens (including phenoxy) is 2. The van der Waals surface area contributed by atoms with E-state index < -0.39 is 0 Å². The predicted octanol–water partition coefficient (Wildman–Crippen LogP) is 10.1. The maximum absolute atomic E-state index is 5.65. The van der Waals surface area contributed by atoms with Crippen LogP contribution < -0.4 is 9.47 Å². The van der Waals surface area contributed by atoms with Crippen molar-refractivity contribution in [3.05, 3.63) is 66.3 Å². The first-order valence-electron chi connectivity index (χ1n) is 10.3. The van der Waals surface area contributed by atoms with Crippen LogP contribution in [0.15, 0.2) is 36.4 Å². The van der Waals surface area contributed by atoms with E-state index in [1.807, 2.05) is 6.92 Å². The van der Waals surface area contributed by atoms with E-state index in [4.69, 9.17) is 33.9 Å². The van der Waals surface area contributed by atoms with Crippen molar-refractivity contribution >= 4 is 65.8 Å². The summed E-state index contributed by atoms with van der Waals surface area (Å²) in [5.41, 5.74) is 7.18. The fraction of sp³-hybridized carbons (Fsp3) is 0.280. The molecule has 2 aromatic carbocycles. The molecule has 0 N–H and O–H groups in total. The molecule has 0 aliphatic carbocycles. The zero-order valence-electron chi connectivity index (χ0n) is 19.4. The highest BCUT2D eigenvalue weighted by Gasteiger charge is 2.09. The minimum Gasteiger partial charge on any atom is -0.496 e. The molecule has 0 aliphatic rings. The van der Waals surface area contributed by atoms with E-state index >= 15 is 0 Å². The number of benzene rings is 2. The number of methoxy groups -OCH3 is 1. The predicted molar refractivity (Wildman–Crippen MR) is 154 cm³/mol. The minimum absolute atomic E-state index is 0.707. The van der Waals surface area contributed by atoms with Crippen LogP contribution in [0.5, 0.6) is 11.5 Å². The molecule has 0 aliphatic heterocycles. The fourth-order valence-corrected chi connectivity index (χ4v) is 8.39. The van der Waals surface area contributed by atoms with E-state index in [0.29, 0.717) is 6.61 Å². The van der Waals surface area contributed by atoms with Gasteiger partial charge in [0.25, 0.3) is 0 Å². The highest BCUT2D eigenvalue weighted by atomic mass is 32.9. The lowest BCUT2D eigenvalue weighted by atomic mass is 10.0. The van der Waals surface area contributed by atoms with Crippen LogP contribution in [-0.2, 0) is 0 Å². The normalized spacial score (nSPS) is 10.5. The molecular weight excluding hydrogens is 525 g/mol. The second-order valence-electron chi connectivity index (χ2n) is 7.50. The number of hydrogen-bond acceptors (Lipinski definition) is 8. The van der Waals surface area contributed by atoms with Crippen LogP contribution in [0, 0.1) is 35.3 Å². The SMILES string of the molecule is CCOc1c(C)cc(-c2cc(=S)ss2)cc1C.COc1c(C)cc(-c2cc(=S)ss2)cc1C. The Kier molecular flexibility index (Phi) is 9.38. The summed E-state index contributed by atoms with van der Waals surface area (Å²) in [6, 6.07) is 12.8. The van der Waals surface area contributed by atoms with Crippen molar-refractivity contribution in [2.75, 3.05) is 13.7 Å². The summed E-state index contributed by atoms with van der Waals surface area (Å²) < 4.78 is 12.9. The van der Waals surface area contributed by atoms with E-state index in [0.717, 1.165) is 19.1 Å². The minimum atomic E-state index is 0.707. The third kappa shape index (κ3) is 6.59. The third-order valence-electron chi connectivity index (χ3n) is 4.91. The maximum Gasteiger partial charge on any atom is 0.125 e. The summed E-state index contributed by atoms with van der Waals surface area (Å²) in [6.45, 7) is 11.0. The number of rotatable bonds is 5. The van der Waals surface area contributed by atoms with E-state index in [1.54, 1.807) is 48.5 Å². The van der Waals surface area contributed by atoms with Gasteiger partial charge in [0, 0.05) is 9.75 Å². The van der Waals surface area contributed by atoms with Crippen LogP contribution in [0.4, 0.5) is 0 Å². The third-order valence-corrected chi connectivity index (χ3v) is 10.7. The van der Waals surface area contributed by atoms with Gasteiger partial charge in [0.05, 0.1) is 13.7 Å². The molecule has 0 unspecified atom stereocenters. The highest BCUT2D eigenvalue weighted by molar-refractivity contribution is 7.80. The van der Waals surface area contributed by atoms with E-state index in [9.17, 15) is 0 Å². The average Bonchev–Trinajstić information content (AvgIpc) is 3.39. The molecule has 4 rings (SSSR count). The lowest BCUT2D eigenvalue weighted by Gasteiger charge is -2.12. The Bertz CT molecular complexity index is 1310. The van der Waals surface area contributed by atoms with Crippen molar-refractivity contribution in [2.45, 2.75) is 34.6 Å². The van der Waals surface area contributed by atoms with Gasteiger partial charge in [0.15, 0.2) is 0 Å². The van der Waals surface area contributed by atoms with Crippen LogP contribution in [0.25, 0.3) is 20.9 Å². The quantitative estimate of drug-likeness (QED) is 0.182. The van der Waals surface area contributed by atoms with Crippen molar-refractivity contribution in [1.82, 2.24) is 0 Å². The zero-order chi connectivity index (χ0) is 24.1. The summed E-state index contributed by atoms with van der Waals surface area (Å²) in [4.78, 5) is 2.48. The molecule has 0 spiro atoms. The van der Waals surface area contributed by atoms with E-state index in [2.05, 4.69) is 64.1 Å². The van der Waals surface area contributed by atoms with E-state index in [-0.39, 0.29) is 0 Å². The first-order chi connectivity index (χ1) is 15.7. The molecule has 0 saturated heterocycles. The van der Waals surface area contributed by atoms with Crippen LogP contribution in [0.3, 0.4) is 0 Å². The Balaban J connectivity index is 0.000000186. The highest BCUT2D eigenvalue weighted by Crippen LogP contribution is 2.35. The first kappa shape index (κ1) is 26.2. The molecular formula is C25H26O2S6. The second-order valence-corrected chi connectivity index (χ2v) is 13.3. The lowest BCUT2D eigenvalue weighted by molar-refractivity contribution is 0.335. The molecule has 0 amide bonds. The zero-order valence-corrected chi connectivity index (χ0v) is 24.3. The van der Waals surface area contributed by atoms with Crippen LogP contribution in [0.1, 0.15) is 29.2 Å². The van der Waals surface area contributed by atoms with Gasteiger partial charge in [0.1, 0.15) is 19.1 Å². The molecule has 2 heterocycles. The Morgan fingerprint density at radius 2 is 1.03 bits per heavy atom. The Morgan fingerprint density at radius 1 is 0.636 bits per heavy atom. The summed E-state index contributed by atoms with van der Waals surface area (Å²) in [7, 11) is 8.47. The number of aryl methyl sites for hydroxylation is 4. The monoisotopic (exact) mass is 550 g/mol. The van der Waals surface area contributed by atoms with Gasteiger partial charge < -0.3 is 9.47 Å². The van der Waals surface area contributed by atoms with Gasteiger partial charge in [-0.1, -0.05) is 65.8 Å². The Morgan fingerprint density at radius 3 is 1.33 bits per heavy atom. The van der Waals surface area contributed by atoms with Gasteiger partial charge in [-0.2, -0.15) is 0 Å². The topological polar surface area (TPSA) is 18.5 Å². The van der Waals surface area contributed by atoms with Gasteiger partial charge >= 0.3 is 0 Å². The fourth-order valence-electron chi connectivity index (χ4n) is 3.62. The van der Waals surface area contributed by atoms with Crippen molar-refractivity contribution in [3.8, 4) is 32.4 Å². The van der Waals surface area contributed by atoms with Crippen LogP contribution >= 0.6 is 65.8 Å². The smallest absolute Gasteiger partial charge is 0.125 e. The molecule has 0 bridgehead atoms. The standard InChI is InChI=1S/C13H14OS3.C12H12OS3/c1-4-14-13-8(2)5-10(6-9(13)3)11-7-12(15)17-16-11;1-7-4-9(5-8(2)12(7)13-3)10-6-11(14)16-15-10/h5-7H,4H2,1-3H3;4-6H,1-3H3. The van der Waals surface area contributed by atoms with E-state index in [1.165, 1.54) is 43.1 Å². The van der Waals surface area contributed by atoms with Gasteiger partial charge in [-0.25, -0.2) is 0 Å². The second kappa shape index (κ2) is 11.8. The molecule has 174 valence electrons. The first-order valence-corrected chi connectivity index (χ1v) is 15.5. The van der Waals surface area contributed by atoms with Crippen molar-refractivity contribution in [2.24, 2.45) is 0 Å². The Labute approximate surface area is 220 Å². The Hall–Kier alpha value is -1.42. The van der Waals surface area contributed by atoms with Crippen molar-refractivity contribution < 1.29 is 9.47 Å². The summed E-state index contributed by atoms with van der Waals surface area (Å²) in [5.74, 6) is 1.98. The molecule has 0 atom stereocenters. The molecule has 0 saturated carbocycles. The largest absolute Gasteiger partial charge is 0.496 e.